The summed E-state index contributed by atoms with van der Waals surface area (Å²) >= 11 is 0. The van der Waals surface area contributed by atoms with E-state index in [0.717, 1.165) is 6.29 Å². The molecule has 0 aromatic heterocycles. The average molecular weight is 306 g/mol. The Labute approximate surface area is 124 Å². The maximum absolute atomic E-state index is 11.1. The number of carbonyl (C=O) groups is 1. The molecular formula is C14H30O5Si. The van der Waals surface area contributed by atoms with Gasteiger partial charge in [-0.15, -0.1) is 0 Å². The highest BCUT2D eigenvalue weighted by molar-refractivity contribution is 6.74. The van der Waals surface area contributed by atoms with Crippen LogP contribution in [-0.2, 0) is 23.4 Å². The second kappa shape index (κ2) is 8.89. The van der Waals surface area contributed by atoms with Crippen molar-refractivity contribution in [2.45, 2.75) is 58.0 Å². The Morgan fingerprint density at radius 2 is 1.80 bits per heavy atom. The van der Waals surface area contributed by atoms with Gasteiger partial charge in [0.25, 0.3) is 0 Å². The van der Waals surface area contributed by atoms with Crippen LogP contribution in [0.4, 0.5) is 0 Å². The van der Waals surface area contributed by atoms with E-state index >= 15 is 0 Å². The lowest BCUT2D eigenvalue weighted by Gasteiger charge is -2.39. The lowest BCUT2D eigenvalue weighted by molar-refractivity contribution is -0.143. The van der Waals surface area contributed by atoms with Crippen LogP contribution in [-0.4, -0.2) is 53.9 Å². The molecule has 0 radical (unpaired) electrons. The summed E-state index contributed by atoms with van der Waals surface area (Å²) < 4.78 is 21.6. The first-order valence-corrected chi connectivity index (χ1v) is 9.88. The molecule has 0 heterocycles. The van der Waals surface area contributed by atoms with Crippen LogP contribution in [0.2, 0.25) is 18.1 Å². The summed E-state index contributed by atoms with van der Waals surface area (Å²) in [4.78, 5) is 11.1. The van der Waals surface area contributed by atoms with E-state index in [2.05, 4.69) is 33.9 Å². The van der Waals surface area contributed by atoms with Gasteiger partial charge in [-0.3, -0.25) is 0 Å². The molecule has 0 fully saturated rings. The molecule has 0 aliphatic rings. The second-order valence-electron chi connectivity index (χ2n) is 6.37. The summed E-state index contributed by atoms with van der Waals surface area (Å²) in [6, 6.07) is 0. The zero-order chi connectivity index (χ0) is 15.8. The van der Waals surface area contributed by atoms with Crippen LogP contribution in [0.5, 0.6) is 0 Å². The second-order valence-corrected chi connectivity index (χ2v) is 11.1. The largest absolute Gasteiger partial charge is 0.411 e. The molecule has 0 aromatic rings. The van der Waals surface area contributed by atoms with E-state index in [4.69, 9.17) is 18.6 Å². The van der Waals surface area contributed by atoms with E-state index in [1.807, 2.05) is 6.92 Å². The Bertz CT molecular complexity index is 275. The third-order valence-corrected chi connectivity index (χ3v) is 8.23. The maximum Gasteiger partial charge on any atom is 0.192 e. The molecule has 5 nitrogen and oxygen atoms in total. The first kappa shape index (κ1) is 19.7. The van der Waals surface area contributed by atoms with E-state index in [-0.39, 0.29) is 17.9 Å². The Kier molecular flexibility index (Phi) is 8.77. The first-order valence-electron chi connectivity index (χ1n) is 6.97. The fraction of sp³-hybridized carbons (Fsp3) is 0.929. The van der Waals surface area contributed by atoms with E-state index in [9.17, 15) is 4.79 Å². The molecule has 120 valence electrons. The third kappa shape index (κ3) is 6.94. The van der Waals surface area contributed by atoms with Crippen LogP contribution in [0.15, 0.2) is 0 Å². The number of hydrogen-bond acceptors (Lipinski definition) is 5. The van der Waals surface area contributed by atoms with Gasteiger partial charge >= 0.3 is 0 Å². The first-order chi connectivity index (χ1) is 9.15. The van der Waals surface area contributed by atoms with Gasteiger partial charge in [0.1, 0.15) is 12.9 Å². The summed E-state index contributed by atoms with van der Waals surface area (Å²) in [6.45, 7) is 13.7. The Hall–Kier alpha value is -0.273. The number of ether oxygens (including phenoxy) is 3. The van der Waals surface area contributed by atoms with Crippen molar-refractivity contribution in [1.29, 1.82) is 0 Å². The normalized spacial score (nSPS) is 15.9. The molecule has 0 rings (SSSR count). The molecule has 2 atom stereocenters. The number of methoxy groups -OCH3 is 1. The molecule has 0 unspecified atom stereocenters. The predicted molar refractivity (Wildman–Crippen MR) is 81.4 cm³/mol. The smallest absolute Gasteiger partial charge is 0.192 e. The van der Waals surface area contributed by atoms with Gasteiger partial charge in [0, 0.05) is 7.11 Å². The van der Waals surface area contributed by atoms with Crippen molar-refractivity contribution in [1.82, 2.24) is 0 Å². The van der Waals surface area contributed by atoms with Crippen molar-refractivity contribution in [3.63, 3.8) is 0 Å². The molecule has 0 aromatic carbocycles. The van der Waals surface area contributed by atoms with Crippen LogP contribution in [0, 0.1) is 0 Å². The van der Waals surface area contributed by atoms with Gasteiger partial charge in [-0.25, -0.2) is 0 Å². The molecule has 0 aliphatic carbocycles. The topological polar surface area (TPSA) is 54.0 Å². The molecule has 0 saturated heterocycles. The molecule has 0 N–H and O–H groups in total. The molecule has 0 bridgehead atoms. The summed E-state index contributed by atoms with van der Waals surface area (Å²) in [5, 5.41) is 0.101. The van der Waals surface area contributed by atoms with Crippen molar-refractivity contribution in [3.05, 3.63) is 0 Å². The molecule has 0 aliphatic heterocycles. The minimum absolute atomic E-state index is 0.0674. The van der Waals surface area contributed by atoms with Crippen LogP contribution in [0.25, 0.3) is 0 Å². The monoisotopic (exact) mass is 306 g/mol. The maximum atomic E-state index is 11.1. The van der Waals surface area contributed by atoms with Gasteiger partial charge in [-0.2, -0.15) is 0 Å². The standard InChI is InChI=1S/C14H30O5Si/c1-12(19-20(6,7)14(2,3)4)13(10-15)18-11-17-9-8-16-5/h10,12-13H,8-9,11H2,1-7H3/t12-,13+/m0/s1. The Morgan fingerprint density at radius 1 is 1.20 bits per heavy atom. The van der Waals surface area contributed by atoms with Crippen LogP contribution >= 0.6 is 0 Å². The summed E-state index contributed by atoms with van der Waals surface area (Å²) in [6.07, 6.45) is -0.108. The zero-order valence-electron chi connectivity index (χ0n) is 13.9. The van der Waals surface area contributed by atoms with E-state index in [1.165, 1.54) is 0 Å². The highest BCUT2D eigenvalue weighted by Gasteiger charge is 2.39. The molecule has 6 heteroatoms. The van der Waals surface area contributed by atoms with Gasteiger partial charge in [0.05, 0.1) is 19.3 Å². The summed E-state index contributed by atoms with van der Waals surface area (Å²) in [5.74, 6) is 0. The number of hydrogen-bond donors (Lipinski definition) is 0. The minimum Gasteiger partial charge on any atom is -0.411 e. The number of rotatable bonds is 10. The van der Waals surface area contributed by atoms with Gasteiger partial charge in [-0.05, 0) is 25.1 Å². The van der Waals surface area contributed by atoms with Crippen LogP contribution < -0.4 is 0 Å². The van der Waals surface area contributed by atoms with Crippen LogP contribution in [0.3, 0.4) is 0 Å². The van der Waals surface area contributed by atoms with Gasteiger partial charge in [0.2, 0.25) is 0 Å². The van der Waals surface area contributed by atoms with Crippen molar-refractivity contribution < 1.29 is 23.4 Å². The molecule has 0 amide bonds. The van der Waals surface area contributed by atoms with Crippen molar-refractivity contribution in [3.8, 4) is 0 Å². The van der Waals surface area contributed by atoms with E-state index in [1.54, 1.807) is 7.11 Å². The number of aldehydes is 1. The molecule has 20 heavy (non-hydrogen) atoms. The molecular weight excluding hydrogens is 276 g/mol. The third-order valence-electron chi connectivity index (χ3n) is 3.66. The summed E-state index contributed by atoms with van der Waals surface area (Å²) in [7, 11) is -0.302. The summed E-state index contributed by atoms with van der Waals surface area (Å²) in [5.41, 5.74) is 0. The lowest BCUT2D eigenvalue weighted by Crippen LogP contribution is -2.47. The van der Waals surface area contributed by atoms with E-state index < -0.39 is 14.4 Å². The van der Waals surface area contributed by atoms with Crippen molar-refractivity contribution in [2.24, 2.45) is 0 Å². The predicted octanol–water partition coefficient (Wildman–Crippen LogP) is 2.60. The minimum atomic E-state index is -1.91. The van der Waals surface area contributed by atoms with Gasteiger partial charge < -0.3 is 23.4 Å². The van der Waals surface area contributed by atoms with Crippen molar-refractivity contribution >= 4 is 14.6 Å². The fourth-order valence-electron chi connectivity index (χ4n) is 1.32. The Balaban J connectivity index is 4.27. The highest BCUT2D eigenvalue weighted by Crippen LogP contribution is 2.37. The number of carbonyl (C=O) groups excluding carboxylic acids is 1. The van der Waals surface area contributed by atoms with Crippen LogP contribution in [0.1, 0.15) is 27.7 Å². The fourth-order valence-corrected chi connectivity index (χ4v) is 2.74. The van der Waals surface area contributed by atoms with Gasteiger partial charge in [-0.1, -0.05) is 20.8 Å². The SMILES string of the molecule is COCCOCO[C@H](C=O)[C@H](C)O[Si](C)(C)C(C)(C)C. The molecule has 0 spiro atoms. The van der Waals surface area contributed by atoms with Crippen molar-refractivity contribution in [2.75, 3.05) is 27.1 Å². The van der Waals surface area contributed by atoms with Gasteiger partial charge in [0.15, 0.2) is 14.6 Å². The zero-order valence-corrected chi connectivity index (χ0v) is 14.9. The highest BCUT2D eigenvalue weighted by atomic mass is 28.4. The van der Waals surface area contributed by atoms with E-state index in [0.29, 0.717) is 13.2 Å². The quantitative estimate of drug-likeness (QED) is 0.269. The average Bonchev–Trinajstić information content (AvgIpc) is 2.31. The lowest BCUT2D eigenvalue weighted by atomic mass is 10.2. The Morgan fingerprint density at radius 3 is 2.25 bits per heavy atom. The molecule has 0 saturated carbocycles.